The van der Waals surface area contributed by atoms with Crippen LogP contribution in [0.2, 0.25) is 0 Å². The highest BCUT2D eigenvalue weighted by Crippen LogP contribution is 2.10. The Morgan fingerprint density at radius 1 is 1.33 bits per heavy atom. The first-order valence-electron chi connectivity index (χ1n) is 7.10. The number of amides is 2. The molecule has 0 bridgehead atoms. The summed E-state index contributed by atoms with van der Waals surface area (Å²) in [5.41, 5.74) is 0.987. The van der Waals surface area contributed by atoms with Gasteiger partial charge in [0.05, 0.1) is 5.92 Å². The summed E-state index contributed by atoms with van der Waals surface area (Å²) in [6.07, 6.45) is 3.36. The first-order chi connectivity index (χ1) is 9.95. The second kappa shape index (κ2) is 8.24. The van der Waals surface area contributed by atoms with Gasteiger partial charge in [-0.1, -0.05) is 13.8 Å². The normalized spacial score (nSPS) is 12.0. The van der Waals surface area contributed by atoms with Gasteiger partial charge in [0, 0.05) is 32.0 Å². The molecule has 1 atom stereocenters. The van der Waals surface area contributed by atoms with Gasteiger partial charge in [-0.15, -0.1) is 0 Å². The van der Waals surface area contributed by atoms with E-state index in [2.05, 4.69) is 10.3 Å². The molecule has 0 aliphatic rings. The highest BCUT2D eigenvalue weighted by molar-refractivity contribution is 5.76. The molecule has 2 amide bonds. The van der Waals surface area contributed by atoms with E-state index in [1.54, 1.807) is 17.3 Å². The molecule has 0 saturated heterocycles. The summed E-state index contributed by atoms with van der Waals surface area (Å²) in [5, 5.41) is 11.8. The highest BCUT2D eigenvalue weighted by atomic mass is 16.4. The molecule has 6 nitrogen and oxygen atoms in total. The van der Waals surface area contributed by atoms with Crippen molar-refractivity contribution in [1.29, 1.82) is 0 Å². The maximum absolute atomic E-state index is 12.1. The largest absolute Gasteiger partial charge is 0.481 e. The minimum atomic E-state index is -0.887. The van der Waals surface area contributed by atoms with Crippen LogP contribution < -0.4 is 5.32 Å². The van der Waals surface area contributed by atoms with Crippen LogP contribution in [-0.2, 0) is 11.3 Å². The van der Waals surface area contributed by atoms with Gasteiger partial charge >= 0.3 is 12.0 Å². The van der Waals surface area contributed by atoms with Crippen molar-refractivity contribution in [1.82, 2.24) is 15.2 Å². The first-order valence-corrected chi connectivity index (χ1v) is 7.10. The van der Waals surface area contributed by atoms with Crippen LogP contribution >= 0.6 is 0 Å². The lowest BCUT2D eigenvalue weighted by Crippen LogP contribution is -2.43. The molecule has 21 heavy (non-hydrogen) atoms. The lowest BCUT2D eigenvalue weighted by molar-refractivity contribution is -0.142. The van der Waals surface area contributed by atoms with E-state index >= 15 is 0 Å². The third-order valence-electron chi connectivity index (χ3n) is 3.39. The van der Waals surface area contributed by atoms with Crippen molar-refractivity contribution in [2.45, 2.75) is 27.3 Å². The Balaban J connectivity index is 2.57. The zero-order chi connectivity index (χ0) is 15.8. The average Bonchev–Trinajstić information content (AvgIpc) is 2.45. The number of carboxylic acids is 1. The van der Waals surface area contributed by atoms with E-state index < -0.39 is 11.9 Å². The molecule has 1 unspecified atom stereocenters. The summed E-state index contributed by atoms with van der Waals surface area (Å²) in [4.78, 5) is 28.8. The molecule has 0 fully saturated rings. The molecule has 1 heterocycles. The summed E-state index contributed by atoms with van der Waals surface area (Å²) in [6.45, 7) is 6.72. The van der Waals surface area contributed by atoms with Crippen LogP contribution in [-0.4, -0.2) is 40.1 Å². The van der Waals surface area contributed by atoms with Crippen molar-refractivity contribution in [2.75, 3.05) is 13.1 Å². The zero-order valence-corrected chi connectivity index (χ0v) is 12.7. The molecule has 0 aromatic carbocycles. The van der Waals surface area contributed by atoms with E-state index in [-0.39, 0.29) is 18.5 Å². The summed E-state index contributed by atoms with van der Waals surface area (Å²) >= 11 is 0. The van der Waals surface area contributed by atoms with Gasteiger partial charge in [0.1, 0.15) is 0 Å². The number of rotatable bonds is 7. The van der Waals surface area contributed by atoms with Gasteiger partial charge < -0.3 is 15.3 Å². The molecule has 0 spiro atoms. The number of hydrogen-bond acceptors (Lipinski definition) is 3. The highest BCUT2D eigenvalue weighted by Gasteiger charge is 2.23. The van der Waals surface area contributed by atoms with Crippen molar-refractivity contribution >= 4 is 12.0 Å². The Hall–Kier alpha value is -2.11. The molecule has 0 aliphatic carbocycles. The Morgan fingerprint density at radius 3 is 2.43 bits per heavy atom. The van der Waals surface area contributed by atoms with E-state index in [0.717, 1.165) is 5.56 Å². The topological polar surface area (TPSA) is 82.5 Å². The molecule has 1 aromatic heterocycles. The first kappa shape index (κ1) is 16.9. The molecule has 1 aromatic rings. The SMILES string of the molecule is CCN(Cc1ccncc1)C(=O)NCC(C(=O)O)C(C)C. The lowest BCUT2D eigenvalue weighted by atomic mass is 9.96. The van der Waals surface area contributed by atoms with Crippen molar-refractivity contribution in [3.05, 3.63) is 30.1 Å². The van der Waals surface area contributed by atoms with Crippen molar-refractivity contribution in [3.63, 3.8) is 0 Å². The smallest absolute Gasteiger partial charge is 0.317 e. The second-order valence-corrected chi connectivity index (χ2v) is 5.24. The van der Waals surface area contributed by atoms with E-state index in [0.29, 0.717) is 13.1 Å². The number of aliphatic carboxylic acids is 1. The number of carboxylic acid groups (broad SMARTS) is 1. The Kier molecular flexibility index (Phi) is 6.65. The van der Waals surface area contributed by atoms with Crippen LogP contribution in [0.5, 0.6) is 0 Å². The summed E-state index contributed by atoms with van der Waals surface area (Å²) in [5.74, 6) is -1.49. The van der Waals surface area contributed by atoms with E-state index in [4.69, 9.17) is 5.11 Å². The van der Waals surface area contributed by atoms with E-state index in [1.807, 2.05) is 32.9 Å². The number of nitrogens with zero attached hydrogens (tertiary/aromatic N) is 2. The van der Waals surface area contributed by atoms with Gasteiger partial charge in [0.25, 0.3) is 0 Å². The third kappa shape index (κ3) is 5.41. The number of carbonyl (C=O) groups is 2. The molecule has 0 radical (unpaired) electrons. The number of pyridine rings is 1. The van der Waals surface area contributed by atoms with Crippen LogP contribution in [0.3, 0.4) is 0 Å². The zero-order valence-electron chi connectivity index (χ0n) is 12.7. The fourth-order valence-corrected chi connectivity index (χ4v) is 1.95. The minimum absolute atomic E-state index is 0.0296. The molecule has 0 aliphatic heterocycles. The number of carbonyl (C=O) groups excluding carboxylic acids is 1. The number of hydrogen-bond donors (Lipinski definition) is 2. The molecular formula is C15H23N3O3. The van der Waals surface area contributed by atoms with Gasteiger partial charge in [0.15, 0.2) is 0 Å². The Morgan fingerprint density at radius 2 is 1.95 bits per heavy atom. The van der Waals surface area contributed by atoms with Crippen LogP contribution in [0.25, 0.3) is 0 Å². The quantitative estimate of drug-likeness (QED) is 0.805. The van der Waals surface area contributed by atoms with Crippen molar-refractivity contribution < 1.29 is 14.7 Å². The van der Waals surface area contributed by atoms with Crippen LogP contribution in [0.1, 0.15) is 26.3 Å². The van der Waals surface area contributed by atoms with Gasteiger partial charge in [-0.3, -0.25) is 9.78 Å². The summed E-state index contributed by atoms with van der Waals surface area (Å²) in [7, 11) is 0. The summed E-state index contributed by atoms with van der Waals surface area (Å²) < 4.78 is 0. The molecule has 2 N–H and O–H groups in total. The summed E-state index contributed by atoms with van der Waals surface area (Å²) in [6, 6.07) is 3.45. The minimum Gasteiger partial charge on any atom is -0.481 e. The number of urea groups is 1. The van der Waals surface area contributed by atoms with E-state index in [9.17, 15) is 9.59 Å². The standard InChI is InChI=1S/C15H23N3O3/c1-4-18(10-12-5-7-16-8-6-12)15(21)17-9-13(11(2)3)14(19)20/h5-8,11,13H,4,9-10H2,1-3H3,(H,17,21)(H,19,20). The van der Waals surface area contributed by atoms with Crippen molar-refractivity contribution in [2.24, 2.45) is 11.8 Å². The van der Waals surface area contributed by atoms with Crippen LogP contribution in [0.4, 0.5) is 4.79 Å². The molecule has 6 heteroatoms. The van der Waals surface area contributed by atoms with Crippen molar-refractivity contribution in [3.8, 4) is 0 Å². The molecule has 1 rings (SSSR count). The fraction of sp³-hybridized carbons (Fsp3) is 0.533. The molecule has 116 valence electrons. The lowest BCUT2D eigenvalue weighted by Gasteiger charge is -2.23. The second-order valence-electron chi connectivity index (χ2n) is 5.24. The maximum atomic E-state index is 12.1. The molecule has 0 saturated carbocycles. The number of aromatic nitrogens is 1. The van der Waals surface area contributed by atoms with Crippen LogP contribution in [0, 0.1) is 11.8 Å². The fourth-order valence-electron chi connectivity index (χ4n) is 1.95. The van der Waals surface area contributed by atoms with Gasteiger partial charge in [-0.2, -0.15) is 0 Å². The predicted molar refractivity (Wildman–Crippen MR) is 79.7 cm³/mol. The van der Waals surface area contributed by atoms with Gasteiger partial charge in [0.2, 0.25) is 0 Å². The van der Waals surface area contributed by atoms with E-state index in [1.165, 1.54) is 0 Å². The predicted octanol–water partition coefficient (Wildman–Crippen LogP) is 1.97. The maximum Gasteiger partial charge on any atom is 0.317 e. The van der Waals surface area contributed by atoms with Gasteiger partial charge in [-0.25, -0.2) is 4.79 Å². The average molecular weight is 293 g/mol. The Labute approximate surface area is 125 Å². The molecular weight excluding hydrogens is 270 g/mol. The monoisotopic (exact) mass is 293 g/mol. The van der Waals surface area contributed by atoms with Crippen LogP contribution in [0.15, 0.2) is 24.5 Å². The Bertz CT molecular complexity index is 462. The van der Waals surface area contributed by atoms with Gasteiger partial charge in [-0.05, 0) is 30.5 Å². The third-order valence-corrected chi connectivity index (χ3v) is 3.39. The number of nitrogens with one attached hydrogen (secondary N) is 1.